The van der Waals surface area contributed by atoms with Gasteiger partial charge in [0.1, 0.15) is 11.5 Å². The summed E-state index contributed by atoms with van der Waals surface area (Å²) in [4.78, 5) is 5.20. The lowest BCUT2D eigenvalue weighted by Gasteiger charge is -2.40. The smallest absolute Gasteiger partial charge is 0.132 e. The molecule has 3 heteroatoms. The van der Waals surface area contributed by atoms with Crippen LogP contribution in [0.5, 0.6) is 11.5 Å². The summed E-state index contributed by atoms with van der Waals surface area (Å²) in [5.41, 5.74) is 21.8. The van der Waals surface area contributed by atoms with E-state index in [2.05, 4.69) is 278 Å². The molecule has 2 spiro atoms. The summed E-state index contributed by atoms with van der Waals surface area (Å²) in [5, 5.41) is 2.47. The molecule has 12 aromatic carbocycles. The van der Waals surface area contributed by atoms with E-state index in [0.29, 0.717) is 0 Å². The first-order chi connectivity index (χ1) is 37.2. The first-order valence-electron chi connectivity index (χ1n) is 25.9. The van der Waals surface area contributed by atoms with Crippen molar-refractivity contribution in [3.8, 4) is 56.0 Å². The van der Waals surface area contributed by atoms with Crippen molar-refractivity contribution in [3.05, 3.63) is 317 Å². The molecule has 0 fully saturated rings. The second-order valence-electron chi connectivity index (χ2n) is 20.1. The maximum absolute atomic E-state index is 6.82. The Bertz CT molecular complexity index is 4230. The van der Waals surface area contributed by atoms with Crippen LogP contribution in [0.2, 0.25) is 0 Å². The molecule has 2 heterocycles. The summed E-state index contributed by atoms with van der Waals surface area (Å²) < 4.78 is 6.82. The second-order valence-corrected chi connectivity index (χ2v) is 21.2. The van der Waals surface area contributed by atoms with E-state index in [4.69, 9.17) is 4.74 Å². The molecule has 4 aliphatic rings. The monoisotopic (exact) mass is 971 g/mol. The first-order valence-corrected chi connectivity index (χ1v) is 26.7. The zero-order chi connectivity index (χ0) is 49.2. The highest BCUT2D eigenvalue weighted by Crippen LogP contribution is 2.68. The zero-order valence-electron chi connectivity index (χ0n) is 40.7. The highest BCUT2D eigenvalue weighted by Gasteiger charge is 2.54. The van der Waals surface area contributed by atoms with Gasteiger partial charge in [-0.15, -0.1) is 0 Å². The van der Waals surface area contributed by atoms with Crippen LogP contribution in [-0.4, -0.2) is 0 Å². The number of fused-ring (bicyclic) bond motifs is 20. The van der Waals surface area contributed by atoms with Crippen LogP contribution in [-0.2, 0) is 10.8 Å². The molecule has 2 aliphatic heterocycles. The van der Waals surface area contributed by atoms with Gasteiger partial charge in [0, 0.05) is 37.6 Å². The third-order valence-corrected chi connectivity index (χ3v) is 17.8. The lowest BCUT2D eigenvalue weighted by atomic mass is 9.66. The van der Waals surface area contributed by atoms with Gasteiger partial charge in [0.25, 0.3) is 0 Å². The largest absolute Gasteiger partial charge is 0.457 e. The normalized spacial score (nSPS) is 14.1. The maximum Gasteiger partial charge on any atom is 0.132 e. The number of hydrogen-bond donors (Lipinski definition) is 0. The molecule has 0 unspecified atom stereocenters. The molecular weight excluding hydrogens is 927 g/mol. The van der Waals surface area contributed by atoms with E-state index in [1.165, 1.54) is 87.3 Å². The van der Waals surface area contributed by atoms with E-state index in [1.54, 1.807) is 0 Å². The minimum absolute atomic E-state index is 0.591. The lowest BCUT2D eigenvalue weighted by molar-refractivity contribution is 0.436. The van der Waals surface area contributed by atoms with E-state index < -0.39 is 10.8 Å². The van der Waals surface area contributed by atoms with Gasteiger partial charge in [0.15, 0.2) is 0 Å². The molecule has 0 bridgehead atoms. The highest BCUT2D eigenvalue weighted by atomic mass is 32.2. The molecular formula is C72H45NOS. The number of hydrogen-bond acceptors (Lipinski definition) is 3. The number of nitrogens with zero attached hydrogens (tertiary/aromatic N) is 1. The zero-order valence-corrected chi connectivity index (χ0v) is 41.6. The van der Waals surface area contributed by atoms with Crippen LogP contribution in [0.4, 0.5) is 17.1 Å². The molecule has 0 atom stereocenters. The van der Waals surface area contributed by atoms with Crippen LogP contribution < -0.4 is 9.64 Å². The topological polar surface area (TPSA) is 12.5 Å². The average Bonchev–Trinajstić information content (AvgIpc) is 3.97. The SMILES string of the molecule is c1ccc(-c2ccc(-c3ccccc3N(c3cccc4c3-c3ccccc3C43c4ccccc4Oc4ccccc43)c3cccc4c3-c3c(ccc5ccccc35)C43c4ccccc4Sc4ccccc43)cc2)cc1. The highest BCUT2D eigenvalue weighted by molar-refractivity contribution is 7.99. The second kappa shape index (κ2) is 16.2. The Kier molecular flexibility index (Phi) is 9.14. The van der Waals surface area contributed by atoms with Crippen molar-refractivity contribution in [2.24, 2.45) is 0 Å². The maximum atomic E-state index is 6.82. The average molecular weight is 972 g/mol. The van der Waals surface area contributed by atoms with Gasteiger partial charge in [0.05, 0.1) is 27.9 Å². The Morgan fingerprint density at radius 1 is 0.280 bits per heavy atom. The Morgan fingerprint density at radius 2 is 0.747 bits per heavy atom. The third kappa shape index (κ3) is 5.76. The van der Waals surface area contributed by atoms with E-state index in [0.717, 1.165) is 50.8 Å². The van der Waals surface area contributed by atoms with Crippen LogP contribution in [0.25, 0.3) is 55.3 Å². The van der Waals surface area contributed by atoms with Gasteiger partial charge in [-0.05, 0) is 114 Å². The molecule has 2 nitrogen and oxygen atoms in total. The summed E-state index contributed by atoms with van der Waals surface area (Å²) in [6, 6.07) is 102. The van der Waals surface area contributed by atoms with Crippen molar-refractivity contribution < 1.29 is 4.74 Å². The van der Waals surface area contributed by atoms with Crippen molar-refractivity contribution in [1.29, 1.82) is 0 Å². The van der Waals surface area contributed by atoms with Gasteiger partial charge in [-0.2, -0.15) is 0 Å². The fourth-order valence-corrected chi connectivity index (χ4v) is 14.9. The minimum atomic E-state index is -0.648. The van der Waals surface area contributed by atoms with Crippen LogP contribution in [0, 0.1) is 0 Å². The fourth-order valence-electron chi connectivity index (χ4n) is 13.7. The molecule has 16 rings (SSSR count). The lowest BCUT2D eigenvalue weighted by Crippen LogP contribution is -2.32. The number of benzene rings is 12. The van der Waals surface area contributed by atoms with Gasteiger partial charge in [-0.1, -0.05) is 242 Å². The molecule has 12 aromatic rings. The van der Waals surface area contributed by atoms with E-state index in [1.807, 2.05) is 11.8 Å². The summed E-state index contributed by atoms with van der Waals surface area (Å²) in [7, 11) is 0. The Morgan fingerprint density at radius 3 is 1.45 bits per heavy atom. The van der Waals surface area contributed by atoms with Gasteiger partial charge < -0.3 is 9.64 Å². The van der Waals surface area contributed by atoms with E-state index in [9.17, 15) is 0 Å². The van der Waals surface area contributed by atoms with Crippen LogP contribution in [0.3, 0.4) is 0 Å². The standard InChI is InChI=1S/C72H45NOS/c1-2-20-46(21-3-1)47-40-42-49(43-41-47)50-23-7-13-33-61(50)73(62-34-18-31-58-68(62)52-25-6-8-26-53(52)71(58)54-27-9-14-36-64(54)74-65-37-15-10-28-55(65)71)63-35-19-32-59-70(63)69-51-24-5-4-22-48(51)44-45-60(69)72(59)56-29-11-16-38-66(56)75-67-39-17-12-30-57(67)72/h1-45H. The van der Waals surface area contributed by atoms with Crippen LogP contribution in [0.15, 0.2) is 283 Å². The van der Waals surface area contributed by atoms with Crippen LogP contribution >= 0.6 is 11.8 Å². The molecule has 0 saturated heterocycles. The molecule has 0 N–H and O–H groups in total. The predicted molar refractivity (Wildman–Crippen MR) is 308 cm³/mol. The van der Waals surface area contributed by atoms with Gasteiger partial charge in [-0.3, -0.25) is 0 Å². The molecule has 75 heavy (non-hydrogen) atoms. The third-order valence-electron chi connectivity index (χ3n) is 16.6. The Labute approximate surface area is 440 Å². The van der Waals surface area contributed by atoms with Crippen molar-refractivity contribution >= 4 is 39.6 Å². The van der Waals surface area contributed by atoms with Crippen molar-refractivity contribution in [3.63, 3.8) is 0 Å². The number of anilines is 3. The minimum Gasteiger partial charge on any atom is -0.457 e. The fraction of sp³-hybridized carbons (Fsp3) is 0.0278. The van der Waals surface area contributed by atoms with E-state index in [-0.39, 0.29) is 0 Å². The summed E-state index contributed by atoms with van der Waals surface area (Å²) in [5.74, 6) is 1.76. The number of para-hydroxylation sites is 3. The predicted octanol–water partition coefficient (Wildman–Crippen LogP) is 18.9. The Balaban J connectivity index is 1.04. The van der Waals surface area contributed by atoms with Crippen molar-refractivity contribution in [2.45, 2.75) is 20.6 Å². The molecule has 350 valence electrons. The molecule has 0 amide bonds. The molecule has 0 radical (unpaired) electrons. The van der Waals surface area contributed by atoms with Crippen molar-refractivity contribution in [2.75, 3.05) is 4.90 Å². The first kappa shape index (κ1) is 42.4. The number of rotatable bonds is 5. The molecule has 0 aromatic heterocycles. The molecule has 2 aliphatic carbocycles. The van der Waals surface area contributed by atoms with Gasteiger partial charge in [-0.25, -0.2) is 0 Å². The van der Waals surface area contributed by atoms with Gasteiger partial charge >= 0.3 is 0 Å². The van der Waals surface area contributed by atoms with E-state index >= 15 is 0 Å². The summed E-state index contributed by atoms with van der Waals surface area (Å²) in [6.07, 6.45) is 0. The quantitative estimate of drug-likeness (QED) is 0.171. The summed E-state index contributed by atoms with van der Waals surface area (Å²) >= 11 is 1.89. The van der Waals surface area contributed by atoms with Crippen LogP contribution in [0.1, 0.15) is 44.5 Å². The molecule has 0 saturated carbocycles. The van der Waals surface area contributed by atoms with Crippen molar-refractivity contribution in [1.82, 2.24) is 0 Å². The summed E-state index contributed by atoms with van der Waals surface area (Å²) in [6.45, 7) is 0. The Hall–Kier alpha value is -9.15. The number of ether oxygens (including phenoxy) is 1. The van der Waals surface area contributed by atoms with Gasteiger partial charge in [0.2, 0.25) is 0 Å².